The van der Waals surface area contributed by atoms with E-state index in [1.165, 1.54) is 0 Å². The minimum absolute atomic E-state index is 0.529. The standard InChI is InChI=1S/C13H22Cl2N4/c1-4-19(5-2)8-6-7-17-13-11(15)9-10(14)12(16-3)18-13/h9H,4-8H2,1-3H3,(H2,16,17,18). The fraction of sp³-hybridized carbons (Fsp3) is 0.615. The third kappa shape index (κ3) is 5.05. The molecule has 2 N–H and O–H groups in total. The summed E-state index contributed by atoms with van der Waals surface area (Å²) >= 11 is 12.1. The fourth-order valence-electron chi connectivity index (χ4n) is 1.82. The van der Waals surface area contributed by atoms with Gasteiger partial charge < -0.3 is 15.5 Å². The van der Waals surface area contributed by atoms with Crippen LogP contribution in [0, 0.1) is 0 Å². The van der Waals surface area contributed by atoms with Gasteiger partial charge in [0.05, 0.1) is 10.0 Å². The Morgan fingerprint density at radius 1 is 1.16 bits per heavy atom. The maximum absolute atomic E-state index is 6.11. The van der Waals surface area contributed by atoms with E-state index < -0.39 is 0 Å². The van der Waals surface area contributed by atoms with Crippen LogP contribution < -0.4 is 10.6 Å². The second kappa shape index (κ2) is 8.46. The monoisotopic (exact) mass is 304 g/mol. The summed E-state index contributed by atoms with van der Waals surface area (Å²) in [5.41, 5.74) is 0. The molecule has 0 amide bonds. The van der Waals surface area contributed by atoms with Crippen LogP contribution in [0.5, 0.6) is 0 Å². The van der Waals surface area contributed by atoms with Gasteiger partial charge in [-0.05, 0) is 32.1 Å². The van der Waals surface area contributed by atoms with Crippen molar-refractivity contribution in [3.63, 3.8) is 0 Å². The zero-order valence-electron chi connectivity index (χ0n) is 11.8. The minimum atomic E-state index is 0.529. The molecule has 0 saturated carbocycles. The van der Waals surface area contributed by atoms with Crippen LogP contribution in [0.1, 0.15) is 20.3 Å². The summed E-state index contributed by atoms with van der Waals surface area (Å²) in [5, 5.41) is 7.27. The van der Waals surface area contributed by atoms with Gasteiger partial charge in [0.2, 0.25) is 0 Å². The molecule has 0 unspecified atom stereocenters. The number of hydrogen-bond donors (Lipinski definition) is 2. The Morgan fingerprint density at radius 3 is 2.37 bits per heavy atom. The van der Waals surface area contributed by atoms with Crippen LogP contribution in [-0.4, -0.2) is 43.1 Å². The molecule has 0 aliphatic rings. The number of halogens is 2. The summed E-state index contributed by atoms with van der Waals surface area (Å²) in [6, 6.07) is 1.70. The second-order valence-corrected chi connectivity index (χ2v) is 5.02. The summed E-state index contributed by atoms with van der Waals surface area (Å²) in [7, 11) is 1.78. The molecule has 6 heteroatoms. The zero-order valence-corrected chi connectivity index (χ0v) is 13.3. The van der Waals surface area contributed by atoms with E-state index in [1.807, 2.05) is 0 Å². The van der Waals surface area contributed by atoms with Crippen LogP contribution in [0.25, 0.3) is 0 Å². The minimum Gasteiger partial charge on any atom is -0.372 e. The zero-order chi connectivity index (χ0) is 14.3. The van der Waals surface area contributed by atoms with Crippen molar-refractivity contribution in [3.05, 3.63) is 16.1 Å². The number of hydrogen-bond acceptors (Lipinski definition) is 4. The number of aromatic nitrogens is 1. The molecule has 4 nitrogen and oxygen atoms in total. The highest BCUT2D eigenvalue weighted by molar-refractivity contribution is 6.37. The largest absolute Gasteiger partial charge is 0.372 e. The van der Waals surface area contributed by atoms with Crippen molar-refractivity contribution in [3.8, 4) is 0 Å². The first-order valence-corrected chi connectivity index (χ1v) is 7.37. The van der Waals surface area contributed by atoms with Crippen molar-refractivity contribution in [2.75, 3.05) is 43.9 Å². The van der Waals surface area contributed by atoms with E-state index in [2.05, 4.69) is 34.4 Å². The number of nitrogens with zero attached hydrogens (tertiary/aromatic N) is 2. The quantitative estimate of drug-likeness (QED) is 0.720. The number of rotatable bonds is 8. The molecule has 0 spiro atoms. The maximum Gasteiger partial charge on any atom is 0.147 e. The lowest BCUT2D eigenvalue weighted by atomic mass is 10.3. The van der Waals surface area contributed by atoms with Crippen LogP contribution in [0.15, 0.2) is 6.07 Å². The summed E-state index contributed by atoms with van der Waals surface area (Å²) < 4.78 is 0. The molecule has 1 aromatic heterocycles. The van der Waals surface area contributed by atoms with Crippen molar-refractivity contribution in [2.24, 2.45) is 0 Å². The SMILES string of the molecule is CCN(CC)CCCNc1nc(NC)c(Cl)cc1Cl. The summed E-state index contributed by atoms with van der Waals surface area (Å²) in [6.45, 7) is 8.43. The van der Waals surface area contributed by atoms with Crippen molar-refractivity contribution >= 4 is 34.8 Å². The average Bonchev–Trinajstić information content (AvgIpc) is 2.41. The molecule has 0 radical (unpaired) electrons. The molecule has 0 fully saturated rings. The Balaban J connectivity index is 2.49. The van der Waals surface area contributed by atoms with E-state index in [9.17, 15) is 0 Å². The summed E-state index contributed by atoms with van der Waals surface area (Å²) in [4.78, 5) is 6.73. The van der Waals surface area contributed by atoms with Gasteiger partial charge in [-0.2, -0.15) is 0 Å². The Labute approximate surface area is 125 Å². The van der Waals surface area contributed by atoms with Gasteiger partial charge in [-0.25, -0.2) is 4.98 Å². The fourth-order valence-corrected chi connectivity index (χ4v) is 2.34. The van der Waals surface area contributed by atoms with E-state index in [4.69, 9.17) is 23.2 Å². The number of nitrogens with one attached hydrogen (secondary N) is 2. The Morgan fingerprint density at radius 2 is 1.79 bits per heavy atom. The molecule has 0 aliphatic heterocycles. The van der Waals surface area contributed by atoms with Gasteiger partial charge in [-0.1, -0.05) is 37.0 Å². The van der Waals surface area contributed by atoms with Gasteiger partial charge in [0.1, 0.15) is 11.6 Å². The van der Waals surface area contributed by atoms with E-state index in [1.54, 1.807) is 13.1 Å². The first-order valence-electron chi connectivity index (χ1n) is 6.62. The van der Waals surface area contributed by atoms with Gasteiger partial charge in [0.15, 0.2) is 0 Å². The van der Waals surface area contributed by atoms with E-state index in [-0.39, 0.29) is 0 Å². The van der Waals surface area contributed by atoms with E-state index >= 15 is 0 Å². The lowest BCUT2D eigenvalue weighted by Gasteiger charge is -2.18. The van der Waals surface area contributed by atoms with Gasteiger partial charge in [-0.3, -0.25) is 0 Å². The van der Waals surface area contributed by atoms with Gasteiger partial charge in [-0.15, -0.1) is 0 Å². The first-order chi connectivity index (χ1) is 9.12. The highest BCUT2D eigenvalue weighted by Gasteiger charge is 2.08. The number of pyridine rings is 1. The normalized spacial score (nSPS) is 10.8. The first kappa shape index (κ1) is 16.3. The lowest BCUT2D eigenvalue weighted by Crippen LogP contribution is -2.25. The molecule has 0 aromatic carbocycles. The molecule has 0 atom stereocenters. The molecule has 1 heterocycles. The highest BCUT2D eigenvalue weighted by atomic mass is 35.5. The third-order valence-electron chi connectivity index (χ3n) is 3.00. The molecule has 0 bridgehead atoms. The maximum atomic E-state index is 6.11. The highest BCUT2D eigenvalue weighted by Crippen LogP contribution is 2.28. The van der Waals surface area contributed by atoms with Crippen LogP contribution in [-0.2, 0) is 0 Å². The van der Waals surface area contributed by atoms with Gasteiger partial charge in [0.25, 0.3) is 0 Å². The average molecular weight is 305 g/mol. The van der Waals surface area contributed by atoms with Crippen molar-refractivity contribution in [2.45, 2.75) is 20.3 Å². The van der Waals surface area contributed by atoms with Crippen LogP contribution in [0.3, 0.4) is 0 Å². The van der Waals surface area contributed by atoms with Crippen LogP contribution in [0.2, 0.25) is 10.0 Å². The predicted octanol–water partition coefficient (Wildman–Crippen LogP) is 3.57. The Kier molecular flexibility index (Phi) is 7.28. The third-order valence-corrected chi connectivity index (χ3v) is 3.58. The topological polar surface area (TPSA) is 40.2 Å². The molecule has 1 rings (SSSR count). The summed E-state index contributed by atoms with van der Waals surface area (Å²) in [5.74, 6) is 1.31. The van der Waals surface area contributed by atoms with Crippen molar-refractivity contribution < 1.29 is 0 Å². The molecule has 1 aromatic rings. The smallest absolute Gasteiger partial charge is 0.147 e. The molecule has 0 aliphatic carbocycles. The molecular weight excluding hydrogens is 283 g/mol. The number of anilines is 2. The van der Waals surface area contributed by atoms with E-state index in [0.717, 1.165) is 32.6 Å². The van der Waals surface area contributed by atoms with Crippen LogP contribution >= 0.6 is 23.2 Å². The van der Waals surface area contributed by atoms with Crippen molar-refractivity contribution in [1.29, 1.82) is 0 Å². The Hall–Kier alpha value is -0.710. The molecule has 108 valence electrons. The molecule has 19 heavy (non-hydrogen) atoms. The summed E-state index contributed by atoms with van der Waals surface area (Å²) in [6.07, 6.45) is 1.05. The lowest BCUT2D eigenvalue weighted by molar-refractivity contribution is 0.303. The van der Waals surface area contributed by atoms with Gasteiger partial charge >= 0.3 is 0 Å². The van der Waals surface area contributed by atoms with Crippen LogP contribution in [0.4, 0.5) is 11.6 Å². The Bertz CT molecular complexity index is 394. The van der Waals surface area contributed by atoms with Crippen molar-refractivity contribution in [1.82, 2.24) is 9.88 Å². The molecule has 0 saturated heterocycles. The second-order valence-electron chi connectivity index (χ2n) is 4.21. The predicted molar refractivity (Wildman–Crippen MR) is 84.7 cm³/mol. The van der Waals surface area contributed by atoms with Gasteiger partial charge in [0, 0.05) is 13.6 Å². The van der Waals surface area contributed by atoms with E-state index in [0.29, 0.717) is 21.7 Å². The molecular formula is C13H22Cl2N4.